The Kier molecular flexibility index (Phi) is 6.02. The number of benzene rings is 2. The first-order valence-electron chi connectivity index (χ1n) is 9.19. The highest BCUT2D eigenvalue weighted by Crippen LogP contribution is 2.26. The number of aryl methyl sites for hydroxylation is 1. The molecule has 1 heterocycles. The lowest BCUT2D eigenvalue weighted by molar-refractivity contribution is 0.0950. The van der Waals surface area contributed by atoms with E-state index < -0.39 is 10.0 Å². The Hall–Kier alpha value is -2.42. The van der Waals surface area contributed by atoms with E-state index in [-0.39, 0.29) is 16.4 Å². The van der Waals surface area contributed by atoms with E-state index >= 15 is 0 Å². The van der Waals surface area contributed by atoms with Crippen molar-refractivity contribution >= 4 is 21.6 Å². The summed E-state index contributed by atoms with van der Waals surface area (Å²) >= 11 is 0. The van der Waals surface area contributed by atoms with Gasteiger partial charge in [-0.05, 0) is 43.3 Å². The van der Waals surface area contributed by atoms with Gasteiger partial charge in [-0.25, -0.2) is 13.6 Å². The fourth-order valence-electron chi connectivity index (χ4n) is 3.28. The summed E-state index contributed by atoms with van der Waals surface area (Å²) in [7, 11) is -1.93. The van der Waals surface area contributed by atoms with Crippen LogP contribution in [0.5, 0.6) is 0 Å². The third-order valence-electron chi connectivity index (χ3n) is 5.07. The number of piperazine rings is 1. The Morgan fingerprint density at radius 3 is 2.43 bits per heavy atom. The average Bonchev–Trinajstić information content (AvgIpc) is 2.66. The normalized spacial score (nSPS) is 15.5. The molecule has 0 bridgehead atoms. The van der Waals surface area contributed by atoms with Gasteiger partial charge in [0, 0.05) is 38.3 Å². The second kappa shape index (κ2) is 8.30. The predicted molar refractivity (Wildman–Crippen MR) is 110 cm³/mol. The predicted octanol–water partition coefficient (Wildman–Crippen LogP) is 1.32. The van der Waals surface area contributed by atoms with E-state index in [1.165, 1.54) is 6.07 Å². The fraction of sp³-hybridized carbons (Fsp3) is 0.350. The molecule has 1 saturated heterocycles. The molecule has 1 aliphatic rings. The Balaban J connectivity index is 1.82. The molecule has 8 heteroatoms. The van der Waals surface area contributed by atoms with Crippen molar-refractivity contribution in [1.82, 2.24) is 10.2 Å². The molecule has 0 aliphatic carbocycles. The van der Waals surface area contributed by atoms with Crippen LogP contribution in [0.15, 0.2) is 47.4 Å². The number of amides is 1. The number of sulfonamides is 1. The lowest BCUT2D eigenvalue weighted by Crippen LogP contribution is -2.45. The summed E-state index contributed by atoms with van der Waals surface area (Å²) in [6, 6.07) is 12.5. The number of hydrogen-bond donors (Lipinski definition) is 2. The number of likely N-dealkylation sites (N-methyl/N-ethyl adjacent to an activating group) is 1. The molecular formula is C20H26N4O3S. The van der Waals surface area contributed by atoms with Crippen LogP contribution in [0.2, 0.25) is 0 Å². The van der Waals surface area contributed by atoms with Gasteiger partial charge >= 0.3 is 0 Å². The molecule has 1 fully saturated rings. The maximum absolute atomic E-state index is 12.6. The lowest BCUT2D eigenvalue weighted by atomic mass is 10.1. The number of primary sulfonamides is 1. The molecular weight excluding hydrogens is 376 g/mol. The van der Waals surface area contributed by atoms with Crippen molar-refractivity contribution in [2.24, 2.45) is 5.14 Å². The summed E-state index contributed by atoms with van der Waals surface area (Å²) in [4.78, 5) is 16.7. The minimum absolute atomic E-state index is 0.0133. The van der Waals surface area contributed by atoms with Gasteiger partial charge in [0.25, 0.3) is 5.91 Å². The van der Waals surface area contributed by atoms with E-state index in [9.17, 15) is 13.2 Å². The lowest BCUT2D eigenvalue weighted by Gasteiger charge is -2.34. The smallest absolute Gasteiger partial charge is 0.251 e. The van der Waals surface area contributed by atoms with Crippen molar-refractivity contribution in [1.29, 1.82) is 0 Å². The van der Waals surface area contributed by atoms with E-state index in [1.807, 2.05) is 43.1 Å². The van der Waals surface area contributed by atoms with E-state index in [1.54, 1.807) is 12.1 Å². The van der Waals surface area contributed by atoms with Crippen molar-refractivity contribution < 1.29 is 13.2 Å². The number of nitrogens with zero attached hydrogens (tertiary/aromatic N) is 2. The van der Waals surface area contributed by atoms with E-state index in [4.69, 9.17) is 5.14 Å². The Morgan fingerprint density at radius 1 is 1.11 bits per heavy atom. The molecule has 3 rings (SSSR count). The molecule has 3 N–H and O–H groups in total. The fourth-order valence-corrected chi connectivity index (χ4v) is 4.06. The highest BCUT2D eigenvalue weighted by molar-refractivity contribution is 7.89. The summed E-state index contributed by atoms with van der Waals surface area (Å²) in [5.41, 5.74) is 2.91. The summed E-state index contributed by atoms with van der Waals surface area (Å²) in [5.74, 6) is -0.335. The number of hydrogen-bond acceptors (Lipinski definition) is 5. The second-order valence-electron chi connectivity index (χ2n) is 7.13. The molecule has 0 radical (unpaired) electrons. The SMILES string of the molecule is Cc1ccccc1CNC(=O)c1ccc(N2CCN(C)CC2)c(S(N)(=O)=O)c1. The molecule has 2 aromatic carbocycles. The molecule has 0 saturated carbocycles. The first kappa shape index (κ1) is 20.3. The Bertz CT molecular complexity index is 967. The molecule has 1 amide bonds. The molecule has 0 unspecified atom stereocenters. The largest absolute Gasteiger partial charge is 0.368 e. The van der Waals surface area contributed by atoms with Gasteiger partial charge in [-0.15, -0.1) is 0 Å². The number of carbonyl (C=O) groups is 1. The summed E-state index contributed by atoms with van der Waals surface area (Å²) in [6.07, 6.45) is 0. The van der Waals surface area contributed by atoms with Crippen molar-refractivity contribution in [3.8, 4) is 0 Å². The van der Waals surface area contributed by atoms with Crippen LogP contribution in [0.4, 0.5) is 5.69 Å². The quantitative estimate of drug-likeness (QED) is 0.787. The minimum Gasteiger partial charge on any atom is -0.368 e. The van der Waals surface area contributed by atoms with Crippen LogP contribution in [0.1, 0.15) is 21.5 Å². The third-order valence-corrected chi connectivity index (χ3v) is 6.01. The number of rotatable bonds is 5. The van der Waals surface area contributed by atoms with E-state index in [0.29, 0.717) is 25.3 Å². The molecule has 2 aromatic rings. The Labute approximate surface area is 166 Å². The highest BCUT2D eigenvalue weighted by atomic mass is 32.2. The van der Waals surface area contributed by atoms with Gasteiger partial charge in [-0.1, -0.05) is 24.3 Å². The monoisotopic (exact) mass is 402 g/mol. The van der Waals surface area contributed by atoms with E-state index in [0.717, 1.165) is 24.2 Å². The zero-order valence-corrected chi connectivity index (χ0v) is 17.0. The summed E-state index contributed by atoms with van der Waals surface area (Å²) in [5, 5.41) is 8.29. The first-order valence-corrected chi connectivity index (χ1v) is 10.7. The number of carbonyl (C=O) groups excluding carboxylic acids is 1. The zero-order valence-electron chi connectivity index (χ0n) is 16.2. The second-order valence-corrected chi connectivity index (χ2v) is 8.66. The number of nitrogens with two attached hydrogens (primary N) is 1. The third kappa shape index (κ3) is 4.70. The molecule has 0 aromatic heterocycles. The van der Waals surface area contributed by atoms with Crippen LogP contribution in [-0.2, 0) is 16.6 Å². The molecule has 150 valence electrons. The van der Waals surface area contributed by atoms with Gasteiger partial charge in [-0.2, -0.15) is 0 Å². The van der Waals surface area contributed by atoms with Crippen molar-refractivity contribution in [2.45, 2.75) is 18.4 Å². The van der Waals surface area contributed by atoms with Crippen molar-refractivity contribution in [3.05, 3.63) is 59.2 Å². The summed E-state index contributed by atoms with van der Waals surface area (Å²) < 4.78 is 24.3. The molecule has 7 nitrogen and oxygen atoms in total. The van der Waals surface area contributed by atoms with Gasteiger partial charge in [0.15, 0.2) is 0 Å². The minimum atomic E-state index is -3.96. The van der Waals surface area contributed by atoms with Crippen LogP contribution in [0, 0.1) is 6.92 Å². The molecule has 0 spiro atoms. The van der Waals surface area contributed by atoms with Crippen LogP contribution < -0.4 is 15.4 Å². The summed E-state index contributed by atoms with van der Waals surface area (Å²) in [6.45, 7) is 5.43. The van der Waals surface area contributed by atoms with Gasteiger partial charge in [-0.3, -0.25) is 4.79 Å². The number of anilines is 1. The first-order chi connectivity index (χ1) is 13.3. The van der Waals surface area contributed by atoms with Crippen LogP contribution in [0.25, 0.3) is 0 Å². The van der Waals surface area contributed by atoms with Crippen LogP contribution >= 0.6 is 0 Å². The van der Waals surface area contributed by atoms with Crippen LogP contribution in [0.3, 0.4) is 0 Å². The van der Waals surface area contributed by atoms with Crippen molar-refractivity contribution in [2.75, 3.05) is 38.1 Å². The maximum Gasteiger partial charge on any atom is 0.251 e. The van der Waals surface area contributed by atoms with Gasteiger partial charge in [0.05, 0.1) is 5.69 Å². The van der Waals surface area contributed by atoms with Gasteiger partial charge in [0.1, 0.15) is 4.90 Å². The average molecular weight is 403 g/mol. The van der Waals surface area contributed by atoms with Crippen molar-refractivity contribution in [3.63, 3.8) is 0 Å². The Morgan fingerprint density at radius 2 is 1.79 bits per heavy atom. The molecule has 0 atom stereocenters. The zero-order chi connectivity index (χ0) is 20.3. The standard InChI is InChI=1S/C20H26N4O3S/c1-15-5-3-4-6-17(15)14-22-20(25)16-7-8-18(19(13-16)28(21,26)27)24-11-9-23(2)10-12-24/h3-8,13H,9-12,14H2,1-2H3,(H,22,25)(H2,21,26,27). The van der Waals surface area contributed by atoms with E-state index in [2.05, 4.69) is 10.2 Å². The molecule has 1 aliphatic heterocycles. The van der Waals surface area contributed by atoms with Gasteiger partial charge < -0.3 is 15.1 Å². The number of nitrogens with one attached hydrogen (secondary N) is 1. The van der Waals surface area contributed by atoms with Crippen LogP contribution in [-0.4, -0.2) is 52.5 Å². The highest BCUT2D eigenvalue weighted by Gasteiger charge is 2.23. The maximum atomic E-state index is 12.6. The van der Waals surface area contributed by atoms with Gasteiger partial charge in [0.2, 0.25) is 10.0 Å². The molecule has 28 heavy (non-hydrogen) atoms. The topological polar surface area (TPSA) is 95.7 Å².